The van der Waals surface area contributed by atoms with E-state index in [9.17, 15) is 0 Å². The molecule has 11 heavy (non-hydrogen) atoms. The quantitative estimate of drug-likeness (QED) is 0.561. The molecular weight excluding hydrogens is 138 g/mol. The first-order valence-corrected chi connectivity index (χ1v) is 4.00. The predicted molar refractivity (Wildman–Crippen MR) is 41.1 cm³/mol. The largest absolute Gasteiger partial charge is 0.441 e. The van der Waals surface area contributed by atoms with Crippen LogP contribution in [0.2, 0.25) is 0 Å². The van der Waals surface area contributed by atoms with Gasteiger partial charge in [0, 0.05) is 12.8 Å². The van der Waals surface area contributed by atoms with E-state index in [-0.39, 0.29) is 0 Å². The minimum Gasteiger partial charge on any atom is -0.441 e. The van der Waals surface area contributed by atoms with Crippen LogP contribution in [0.5, 0.6) is 0 Å². The van der Waals surface area contributed by atoms with Crippen molar-refractivity contribution in [2.24, 2.45) is 5.92 Å². The van der Waals surface area contributed by atoms with Gasteiger partial charge in [0.05, 0.1) is 5.69 Å². The molecule has 3 rings (SSSR count). The average molecular weight is 147 g/mol. The summed E-state index contributed by atoms with van der Waals surface area (Å²) in [4.78, 5) is 4.36. The Morgan fingerprint density at radius 3 is 3.45 bits per heavy atom. The molecule has 0 aromatic carbocycles. The average Bonchev–Trinajstić information content (AvgIpc) is 2.67. The molecule has 1 aromatic heterocycles. The van der Waals surface area contributed by atoms with Crippen molar-refractivity contribution in [2.45, 2.75) is 19.3 Å². The van der Waals surface area contributed by atoms with Gasteiger partial charge < -0.3 is 4.42 Å². The summed E-state index contributed by atoms with van der Waals surface area (Å²) in [5.41, 5.74) is 1.19. The number of rotatable bonds is 0. The normalized spacial score (nSPS) is 31.4. The van der Waals surface area contributed by atoms with Crippen molar-refractivity contribution < 1.29 is 4.42 Å². The molecule has 1 saturated carbocycles. The Bertz CT molecular complexity index is 337. The van der Waals surface area contributed by atoms with Crippen LogP contribution in [0.3, 0.4) is 0 Å². The molecular formula is C9H9NO. The number of allylic oxidation sites excluding steroid dienone is 1. The van der Waals surface area contributed by atoms with Gasteiger partial charge in [-0.1, -0.05) is 6.08 Å². The van der Waals surface area contributed by atoms with Gasteiger partial charge in [0.15, 0.2) is 11.7 Å². The summed E-state index contributed by atoms with van der Waals surface area (Å²) >= 11 is 0. The number of oxazole rings is 1. The van der Waals surface area contributed by atoms with Crippen molar-refractivity contribution in [1.29, 1.82) is 0 Å². The molecule has 1 heterocycles. The van der Waals surface area contributed by atoms with E-state index >= 15 is 0 Å². The molecule has 2 aliphatic carbocycles. The molecule has 0 aliphatic heterocycles. The lowest BCUT2D eigenvalue weighted by atomic mass is 10.1. The van der Waals surface area contributed by atoms with Crippen LogP contribution in [0.15, 0.2) is 10.5 Å². The molecule has 0 bridgehead atoms. The maximum absolute atomic E-state index is 5.41. The molecule has 0 spiro atoms. The van der Waals surface area contributed by atoms with Gasteiger partial charge in [-0.2, -0.15) is 0 Å². The molecule has 2 unspecified atom stereocenters. The first kappa shape index (κ1) is 5.58. The van der Waals surface area contributed by atoms with Crippen LogP contribution >= 0.6 is 0 Å². The van der Waals surface area contributed by atoms with Gasteiger partial charge >= 0.3 is 0 Å². The van der Waals surface area contributed by atoms with Crippen LogP contribution in [0.1, 0.15) is 29.7 Å². The topological polar surface area (TPSA) is 26.0 Å². The highest BCUT2D eigenvalue weighted by Gasteiger charge is 2.42. The Labute approximate surface area is 64.9 Å². The second kappa shape index (κ2) is 1.58. The van der Waals surface area contributed by atoms with E-state index in [0.29, 0.717) is 5.92 Å². The zero-order valence-corrected chi connectivity index (χ0v) is 6.37. The highest BCUT2D eigenvalue weighted by Crippen LogP contribution is 2.52. The number of fused-ring (bicyclic) bond motifs is 3. The number of hydrogen-bond donors (Lipinski definition) is 0. The molecule has 2 nitrogen and oxygen atoms in total. The van der Waals surface area contributed by atoms with E-state index in [2.05, 4.69) is 17.1 Å². The van der Waals surface area contributed by atoms with E-state index in [1.807, 2.05) is 6.92 Å². The fraction of sp³-hybridized carbons (Fsp3) is 0.444. The van der Waals surface area contributed by atoms with Crippen LogP contribution in [-0.2, 0) is 0 Å². The maximum Gasteiger partial charge on any atom is 0.192 e. The van der Waals surface area contributed by atoms with Crippen molar-refractivity contribution in [2.75, 3.05) is 0 Å². The Morgan fingerprint density at radius 1 is 1.64 bits per heavy atom. The van der Waals surface area contributed by atoms with Gasteiger partial charge in [0.25, 0.3) is 0 Å². The number of hydrogen-bond acceptors (Lipinski definition) is 2. The summed E-state index contributed by atoms with van der Waals surface area (Å²) in [5, 5.41) is 0. The standard InChI is InChI=1S/C9H9NO/c1-5-10-9-7-4-6(7)2-3-8(9)11-5/h2-3,6-7H,4H2,1H3. The minimum absolute atomic E-state index is 0.687. The fourth-order valence-electron chi connectivity index (χ4n) is 1.80. The summed E-state index contributed by atoms with van der Waals surface area (Å²) in [7, 11) is 0. The van der Waals surface area contributed by atoms with E-state index in [1.54, 1.807) is 0 Å². The summed E-state index contributed by atoms with van der Waals surface area (Å²) in [6, 6.07) is 0. The molecule has 1 fully saturated rings. The van der Waals surface area contributed by atoms with Crippen molar-refractivity contribution in [3.63, 3.8) is 0 Å². The monoisotopic (exact) mass is 147 g/mol. The van der Waals surface area contributed by atoms with E-state index in [1.165, 1.54) is 12.1 Å². The highest BCUT2D eigenvalue weighted by atomic mass is 16.4. The first-order chi connectivity index (χ1) is 5.34. The lowest BCUT2D eigenvalue weighted by Gasteiger charge is -1.97. The SMILES string of the molecule is Cc1nc2c(o1)C=CC1CC21. The number of nitrogens with zero attached hydrogens (tertiary/aromatic N) is 1. The zero-order valence-electron chi connectivity index (χ0n) is 6.37. The molecule has 2 aliphatic rings. The van der Waals surface area contributed by atoms with Crippen LogP contribution in [-0.4, -0.2) is 4.98 Å². The molecule has 0 N–H and O–H groups in total. The Balaban J connectivity index is 2.23. The molecule has 0 amide bonds. The van der Waals surface area contributed by atoms with Crippen LogP contribution in [0, 0.1) is 12.8 Å². The van der Waals surface area contributed by atoms with E-state index in [0.717, 1.165) is 17.6 Å². The predicted octanol–water partition coefficient (Wildman–Crippen LogP) is 2.11. The smallest absolute Gasteiger partial charge is 0.192 e. The van der Waals surface area contributed by atoms with Gasteiger partial charge in [-0.25, -0.2) is 4.98 Å². The summed E-state index contributed by atoms with van der Waals surface area (Å²) in [5.74, 6) is 3.24. The van der Waals surface area contributed by atoms with Gasteiger partial charge in [0.1, 0.15) is 0 Å². The van der Waals surface area contributed by atoms with Crippen molar-refractivity contribution >= 4 is 6.08 Å². The van der Waals surface area contributed by atoms with Gasteiger partial charge in [0.2, 0.25) is 0 Å². The van der Waals surface area contributed by atoms with Gasteiger partial charge in [-0.15, -0.1) is 0 Å². The van der Waals surface area contributed by atoms with E-state index < -0.39 is 0 Å². The van der Waals surface area contributed by atoms with Crippen LogP contribution < -0.4 is 0 Å². The van der Waals surface area contributed by atoms with Crippen LogP contribution in [0.4, 0.5) is 0 Å². The van der Waals surface area contributed by atoms with Crippen molar-refractivity contribution in [3.8, 4) is 0 Å². The molecule has 2 atom stereocenters. The fourth-order valence-corrected chi connectivity index (χ4v) is 1.80. The summed E-state index contributed by atoms with van der Waals surface area (Å²) < 4.78 is 5.41. The van der Waals surface area contributed by atoms with Gasteiger partial charge in [-0.05, 0) is 18.4 Å². The first-order valence-electron chi connectivity index (χ1n) is 4.00. The lowest BCUT2D eigenvalue weighted by molar-refractivity contribution is 0.511. The summed E-state index contributed by atoms with van der Waals surface area (Å²) in [6.45, 7) is 1.91. The Kier molecular flexibility index (Phi) is 0.799. The third-order valence-electron chi connectivity index (χ3n) is 2.47. The molecule has 1 aromatic rings. The highest BCUT2D eigenvalue weighted by molar-refractivity contribution is 5.54. The second-order valence-electron chi connectivity index (χ2n) is 3.35. The Hall–Kier alpha value is -1.05. The number of aryl methyl sites for hydroxylation is 1. The second-order valence-corrected chi connectivity index (χ2v) is 3.35. The molecule has 0 saturated heterocycles. The maximum atomic E-state index is 5.41. The van der Waals surface area contributed by atoms with Crippen LogP contribution in [0.25, 0.3) is 6.08 Å². The zero-order chi connectivity index (χ0) is 7.42. The minimum atomic E-state index is 0.687. The number of aromatic nitrogens is 1. The van der Waals surface area contributed by atoms with Crippen molar-refractivity contribution in [1.82, 2.24) is 4.98 Å². The third-order valence-corrected chi connectivity index (χ3v) is 2.47. The molecule has 56 valence electrons. The van der Waals surface area contributed by atoms with Crippen molar-refractivity contribution in [3.05, 3.63) is 23.4 Å². The Morgan fingerprint density at radius 2 is 2.55 bits per heavy atom. The lowest BCUT2D eigenvalue weighted by Crippen LogP contribution is -1.89. The summed E-state index contributed by atoms with van der Waals surface area (Å²) in [6.07, 6.45) is 5.57. The van der Waals surface area contributed by atoms with Gasteiger partial charge in [-0.3, -0.25) is 0 Å². The molecule has 0 radical (unpaired) electrons. The van der Waals surface area contributed by atoms with E-state index in [4.69, 9.17) is 4.42 Å². The third kappa shape index (κ3) is 0.642. The molecule has 2 heteroatoms.